The van der Waals surface area contributed by atoms with E-state index in [-0.39, 0.29) is 11.6 Å². The molecule has 0 spiro atoms. The molecule has 1 heterocycles. The molecule has 27 heavy (non-hydrogen) atoms. The molecule has 0 saturated carbocycles. The quantitative estimate of drug-likeness (QED) is 0.744. The molecule has 0 aliphatic heterocycles. The highest BCUT2D eigenvalue weighted by molar-refractivity contribution is 6.03. The fourth-order valence-electron chi connectivity index (χ4n) is 2.75. The van der Waals surface area contributed by atoms with Crippen LogP contribution in [-0.4, -0.2) is 22.4 Å². The van der Waals surface area contributed by atoms with E-state index in [2.05, 4.69) is 27.4 Å². The molecule has 0 aliphatic carbocycles. The zero-order valence-corrected chi connectivity index (χ0v) is 15.2. The van der Waals surface area contributed by atoms with Crippen molar-refractivity contribution in [3.05, 3.63) is 77.7 Å². The largest absolute Gasteiger partial charge is 0.327 e. The van der Waals surface area contributed by atoms with Crippen molar-refractivity contribution in [1.29, 1.82) is 5.26 Å². The maximum Gasteiger partial charge on any atom is 0.274 e. The number of rotatable bonds is 5. The van der Waals surface area contributed by atoms with E-state index in [1.807, 2.05) is 36.9 Å². The van der Waals surface area contributed by atoms with Crippen molar-refractivity contribution < 1.29 is 4.79 Å². The molecule has 6 nitrogen and oxygen atoms in total. The molecule has 1 aromatic heterocycles. The van der Waals surface area contributed by atoms with Crippen LogP contribution in [0.5, 0.6) is 0 Å². The average molecular weight is 357 g/mol. The lowest BCUT2D eigenvalue weighted by atomic mass is 10.2. The van der Waals surface area contributed by atoms with E-state index < -0.39 is 0 Å². The third-order valence-electron chi connectivity index (χ3n) is 4.04. The van der Waals surface area contributed by atoms with E-state index in [1.54, 1.807) is 30.3 Å². The van der Waals surface area contributed by atoms with Crippen molar-refractivity contribution >= 4 is 23.1 Å². The van der Waals surface area contributed by atoms with Crippen LogP contribution in [-0.2, 0) is 0 Å². The first-order chi connectivity index (χ1) is 13.1. The van der Waals surface area contributed by atoms with Gasteiger partial charge in [-0.1, -0.05) is 18.2 Å². The van der Waals surface area contributed by atoms with E-state index in [4.69, 9.17) is 5.26 Å². The summed E-state index contributed by atoms with van der Waals surface area (Å²) >= 11 is 0. The molecule has 3 aromatic rings. The number of nitriles is 1. The van der Waals surface area contributed by atoms with Gasteiger partial charge in [-0.3, -0.25) is 4.79 Å². The van der Waals surface area contributed by atoms with Gasteiger partial charge in [0.25, 0.3) is 5.91 Å². The number of carbonyl (C=O) groups excluding carboxylic acids is 1. The molecule has 0 bridgehead atoms. The van der Waals surface area contributed by atoms with Crippen LogP contribution in [0.4, 0.5) is 17.2 Å². The minimum absolute atomic E-state index is 0.258. The van der Waals surface area contributed by atoms with E-state index in [9.17, 15) is 4.79 Å². The zero-order chi connectivity index (χ0) is 19.2. The number of hydrogen-bond acceptors (Lipinski definition) is 5. The highest BCUT2D eigenvalue weighted by atomic mass is 16.1. The molecule has 0 saturated heterocycles. The SMILES string of the molecule is CCN(c1cccc(C)c1)c1cc(C(=O)Nc2cccc(C#N)c2)ncn1. The third kappa shape index (κ3) is 4.28. The molecule has 0 unspecified atom stereocenters. The van der Waals surface area contributed by atoms with E-state index in [0.29, 0.717) is 23.6 Å². The number of benzene rings is 2. The van der Waals surface area contributed by atoms with Gasteiger partial charge in [-0.05, 0) is 49.7 Å². The Morgan fingerprint density at radius 1 is 1.15 bits per heavy atom. The molecule has 3 rings (SSSR count). The molecule has 6 heteroatoms. The molecule has 1 N–H and O–H groups in total. The smallest absolute Gasteiger partial charge is 0.274 e. The highest BCUT2D eigenvalue weighted by Gasteiger charge is 2.14. The number of carbonyl (C=O) groups is 1. The Morgan fingerprint density at radius 2 is 1.96 bits per heavy atom. The third-order valence-corrected chi connectivity index (χ3v) is 4.04. The summed E-state index contributed by atoms with van der Waals surface area (Å²) in [6.45, 7) is 4.76. The fourth-order valence-corrected chi connectivity index (χ4v) is 2.75. The number of nitrogens with one attached hydrogen (secondary N) is 1. The molecule has 0 fully saturated rings. The summed E-state index contributed by atoms with van der Waals surface area (Å²) in [4.78, 5) is 23.0. The number of aromatic nitrogens is 2. The fraction of sp³-hybridized carbons (Fsp3) is 0.143. The lowest BCUT2D eigenvalue weighted by Gasteiger charge is -2.22. The lowest BCUT2D eigenvalue weighted by molar-refractivity contribution is 0.102. The van der Waals surface area contributed by atoms with Crippen LogP contribution in [0.2, 0.25) is 0 Å². The van der Waals surface area contributed by atoms with Gasteiger partial charge in [-0.25, -0.2) is 9.97 Å². The normalized spacial score (nSPS) is 10.1. The zero-order valence-electron chi connectivity index (χ0n) is 15.2. The average Bonchev–Trinajstić information content (AvgIpc) is 2.69. The van der Waals surface area contributed by atoms with Crippen molar-refractivity contribution in [3.8, 4) is 6.07 Å². The first-order valence-electron chi connectivity index (χ1n) is 8.58. The Morgan fingerprint density at radius 3 is 2.70 bits per heavy atom. The van der Waals surface area contributed by atoms with E-state index >= 15 is 0 Å². The number of hydrogen-bond donors (Lipinski definition) is 1. The summed E-state index contributed by atoms with van der Waals surface area (Å²) in [5.41, 5.74) is 3.44. The summed E-state index contributed by atoms with van der Waals surface area (Å²) in [5.74, 6) is 0.295. The maximum absolute atomic E-state index is 12.6. The van der Waals surface area contributed by atoms with Gasteiger partial charge in [-0.15, -0.1) is 0 Å². The van der Waals surface area contributed by atoms with Crippen LogP contribution in [0.25, 0.3) is 0 Å². The Kier molecular flexibility index (Phi) is 5.43. The highest BCUT2D eigenvalue weighted by Crippen LogP contribution is 2.24. The van der Waals surface area contributed by atoms with Gasteiger partial charge in [0.15, 0.2) is 0 Å². The Bertz CT molecular complexity index is 1010. The monoisotopic (exact) mass is 357 g/mol. The van der Waals surface area contributed by atoms with Crippen LogP contribution in [0.3, 0.4) is 0 Å². The summed E-state index contributed by atoms with van der Waals surface area (Å²) < 4.78 is 0. The molecule has 0 aliphatic rings. The summed E-state index contributed by atoms with van der Waals surface area (Å²) in [6.07, 6.45) is 1.38. The molecular weight excluding hydrogens is 338 g/mol. The predicted molar refractivity (Wildman–Crippen MR) is 105 cm³/mol. The van der Waals surface area contributed by atoms with Gasteiger partial charge in [-0.2, -0.15) is 5.26 Å². The van der Waals surface area contributed by atoms with Crippen LogP contribution in [0.15, 0.2) is 60.9 Å². The van der Waals surface area contributed by atoms with Crippen LogP contribution >= 0.6 is 0 Å². The van der Waals surface area contributed by atoms with Crippen molar-refractivity contribution in [2.75, 3.05) is 16.8 Å². The summed E-state index contributed by atoms with van der Waals surface area (Å²) in [6, 6.07) is 18.6. The molecule has 0 atom stereocenters. The minimum atomic E-state index is -0.353. The van der Waals surface area contributed by atoms with Gasteiger partial charge >= 0.3 is 0 Å². The van der Waals surface area contributed by atoms with E-state index in [0.717, 1.165) is 11.3 Å². The second-order valence-corrected chi connectivity index (χ2v) is 5.99. The first-order valence-corrected chi connectivity index (χ1v) is 8.58. The maximum atomic E-state index is 12.6. The van der Waals surface area contributed by atoms with Crippen LogP contribution < -0.4 is 10.2 Å². The minimum Gasteiger partial charge on any atom is -0.327 e. The number of aryl methyl sites for hydroxylation is 1. The molecule has 2 aromatic carbocycles. The topological polar surface area (TPSA) is 81.9 Å². The van der Waals surface area contributed by atoms with Gasteiger partial charge in [0.1, 0.15) is 17.8 Å². The van der Waals surface area contributed by atoms with Gasteiger partial charge in [0.05, 0.1) is 11.6 Å². The summed E-state index contributed by atoms with van der Waals surface area (Å²) in [5, 5.41) is 11.7. The number of nitrogens with zero attached hydrogens (tertiary/aromatic N) is 4. The van der Waals surface area contributed by atoms with Crippen molar-refractivity contribution in [1.82, 2.24) is 9.97 Å². The molecule has 1 amide bonds. The Labute approximate surface area is 158 Å². The Hall–Kier alpha value is -3.72. The summed E-state index contributed by atoms with van der Waals surface area (Å²) in [7, 11) is 0. The van der Waals surface area contributed by atoms with Crippen molar-refractivity contribution in [2.45, 2.75) is 13.8 Å². The molecular formula is C21H19N5O. The Balaban J connectivity index is 1.85. The van der Waals surface area contributed by atoms with Crippen LogP contribution in [0.1, 0.15) is 28.5 Å². The molecule has 0 radical (unpaired) electrons. The predicted octanol–water partition coefficient (Wildman–Crippen LogP) is 4.07. The second-order valence-electron chi connectivity index (χ2n) is 5.99. The lowest BCUT2D eigenvalue weighted by Crippen LogP contribution is -2.20. The second kappa shape index (κ2) is 8.11. The molecule has 134 valence electrons. The van der Waals surface area contributed by atoms with Crippen LogP contribution in [0, 0.1) is 18.3 Å². The standard InChI is InChI=1S/C21H19N5O/c1-3-26(18-9-4-6-15(2)10-18)20-12-19(23-14-24-20)21(27)25-17-8-5-7-16(11-17)13-22/h4-12,14H,3H2,1-2H3,(H,25,27). The van der Waals surface area contributed by atoms with Gasteiger partial charge in [0.2, 0.25) is 0 Å². The van der Waals surface area contributed by atoms with Gasteiger partial charge in [0, 0.05) is 24.0 Å². The number of amides is 1. The van der Waals surface area contributed by atoms with Crippen molar-refractivity contribution in [3.63, 3.8) is 0 Å². The first kappa shape index (κ1) is 18.1. The van der Waals surface area contributed by atoms with Gasteiger partial charge < -0.3 is 10.2 Å². The number of anilines is 3. The van der Waals surface area contributed by atoms with E-state index in [1.165, 1.54) is 6.33 Å². The van der Waals surface area contributed by atoms with Crippen molar-refractivity contribution in [2.24, 2.45) is 0 Å².